The Hall–Kier alpha value is -1.88. The first kappa shape index (κ1) is 14.5. The van der Waals surface area contributed by atoms with Gasteiger partial charge < -0.3 is 0 Å². The van der Waals surface area contributed by atoms with E-state index < -0.39 is 23.3 Å². The van der Waals surface area contributed by atoms with Crippen LogP contribution in [0.2, 0.25) is 5.02 Å². The number of rotatable bonds is 2. The normalized spacial score (nSPS) is 11.4. The highest BCUT2D eigenvalue weighted by atomic mass is 35.5. The topological polar surface area (TPSA) is 17.1 Å². The van der Waals surface area contributed by atoms with Crippen molar-refractivity contribution in [2.24, 2.45) is 0 Å². The highest BCUT2D eigenvalue weighted by Crippen LogP contribution is 2.32. The van der Waals surface area contributed by atoms with Crippen molar-refractivity contribution in [3.63, 3.8) is 0 Å². The van der Waals surface area contributed by atoms with Crippen LogP contribution >= 0.6 is 11.6 Å². The van der Waals surface area contributed by atoms with E-state index in [0.717, 1.165) is 6.07 Å². The lowest BCUT2D eigenvalue weighted by Crippen LogP contribution is -2.11. The molecule has 0 saturated heterocycles. The van der Waals surface area contributed by atoms with Gasteiger partial charge in [-0.25, -0.2) is 4.39 Å². The molecule has 104 valence electrons. The van der Waals surface area contributed by atoms with E-state index >= 15 is 0 Å². The summed E-state index contributed by atoms with van der Waals surface area (Å²) in [6.45, 7) is 0. The molecule has 0 aliphatic rings. The Bertz CT molecular complexity index is 664. The highest BCUT2D eigenvalue weighted by Gasteiger charge is 2.34. The molecule has 0 aliphatic carbocycles. The maximum atomic E-state index is 13.1. The van der Waals surface area contributed by atoms with Crippen molar-refractivity contribution in [2.75, 3.05) is 0 Å². The second-order valence-corrected chi connectivity index (χ2v) is 4.47. The molecule has 0 aromatic heterocycles. The maximum Gasteiger partial charge on any atom is 0.419 e. The van der Waals surface area contributed by atoms with Crippen LogP contribution < -0.4 is 0 Å². The number of benzene rings is 2. The average molecular weight is 303 g/mol. The zero-order valence-corrected chi connectivity index (χ0v) is 10.6. The Morgan fingerprint density at radius 3 is 2.25 bits per heavy atom. The van der Waals surface area contributed by atoms with Gasteiger partial charge in [-0.05, 0) is 30.3 Å². The van der Waals surface area contributed by atoms with E-state index in [-0.39, 0.29) is 16.1 Å². The number of carbonyl (C=O) groups is 1. The average Bonchev–Trinajstić information content (AvgIpc) is 2.37. The molecule has 0 radical (unpaired) electrons. The molecule has 0 amide bonds. The molecule has 2 rings (SSSR count). The van der Waals surface area contributed by atoms with Gasteiger partial charge in [0.25, 0.3) is 0 Å². The van der Waals surface area contributed by atoms with Gasteiger partial charge in [-0.2, -0.15) is 13.2 Å². The zero-order chi connectivity index (χ0) is 14.9. The van der Waals surface area contributed by atoms with Crippen LogP contribution in [0.1, 0.15) is 21.5 Å². The summed E-state index contributed by atoms with van der Waals surface area (Å²) in [5.41, 5.74) is -1.58. The largest absolute Gasteiger partial charge is 0.419 e. The Morgan fingerprint density at radius 1 is 1.00 bits per heavy atom. The lowest BCUT2D eigenvalue weighted by Gasteiger charge is -2.09. The summed E-state index contributed by atoms with van der Waals surface area (Å²) >= 11 is 5.71. The van der Waals surface area contributed by atoms with Gasteiger partial charge in [0.15, 0.2) is 5.78 Å². The van der Waals surface area contributed by atoms with Crippen molar-refractivity contribution >= 4 is 17.4 Å². The van der Waals surface area contributed by atoms with Gasteiger partial charge in [0, 0.05) is 16.1 Å². The molecule has 0 heterocycles. The van der Waals surface area contributed by atoms with E-state index in [2.05, 4.69) is 0 Å². The first-order valence-electron chi connectivity index (χ1n) is 5.46. The smallest absolute Gasteiger partial charge is 0.289 e. The molecule has 0 saturated carbocycles. The quantitative estimate of drug-likeness (QED) is 0.579. The standard InChI is InChI=1S/C14H7ClF4O/c15-10-3-1-2-8(6-10)13(20)9-4-5-12(16)11(7-9)14(17,18)19/h1-7H. The van der Waals surface area contributed by atoms with Gasteiger partial charge in [0.05, 0.1) is 5.56 Å². The first-order chi connectivity index (χ1) is 9.29. The third-order valence-corrected chi connectivity index (χ3v) is 2.86. The Kier molecular flexibility index (Phi) is 3.81. The monoisotopic (exact) mass is 302 g/mol. The van der Waals surface area contributed by atoms with Crippen molar-refractivity contribution in [2.45, 2.75) is 6.18 Å². The lowest BCUT2D eigenvalue weighted by molar-refractivity contribution is -0.140. The molecule has 20 heavy (non-hydrogen) atoms. The van der Waals surface area contributed by atoms with Gasteiger partial charge in [0.2, 0.25) is 0 Å². The van der Waals surface area contributed by atoms with Gasteiger partial charge in [0.1, 0.15) is 5.82 Å². The Morgan fingerprint density at radius 2 is 1.65 bits per heavy atom. The minimum atomic E-state index is -4.85. The van der Waals surface area contributed by atoms with Gasteiger partial charge >= 0.3 is 6.18 Å². The first-order valence-corrected chi connectivity index (χ1v) is 5.84. The molecule has 0 unspecified atom stereocenters. The van der Waals surface area contributed by atoms with Crippen LogP contribution in [0.4, 0.5) is 17.6 Å². The third kappa shape index (κ3) is 2.99. The van der Waals surface area contributed by atoms with Crippen molar-refractivity contribution in [1.29, 1.82) is 0 Å². The van der Waals surface area contributed by atoms with Crippen molar-refractivity contribution in [3.05, 3.63) is 70.0 Å². The third-order valence-electron chi connectivity index (χ3n) is 2.62. The molecular weight excluding hydrogens is 296 g/mol. The predicted octanol–water partition coefficient (Wildman–Crippen LogP) is 4.73. The van der Waals surface area contributed by atoms with Crippen molar-refractivity contribution < 1.29 is 22.4 Å². The summed E-state index contributed by atoms with van der Waals surface area (Å²) in [5, 5.41) is 0.286. The van der Waals surface area contributed by atoms with Crippen molar-refractivity contribution in [3.8, 4) is 0 Å². The number of alkyl halides is 3. The van der Waals surface area contributed by atoms with Crippen LogP contribution in [0.5, 0.6) is 0 Å². The molecule has 0 aliphatic heterocycles. The van der Waals surface area contributed by atoms with E-state index in [4.69, 9.17) is 11.6 Å². The molecule has 2 aromatic rings. The molecule has 0 N–H and O–H groups in total. The lowest BCUT2D eigenvalue weighted by atomic mass is 10.0. The molecule has 0 bridgehead atoms. The minimum Gasteiger partial charge on any atom is -0.289 e. The molecule has 0 spiro atoms. The van der Waals surface area contributed by atoms with Crippen LogP contribution in [0.15, 0.2) is 42.5 Å². The van der Waals surface area contributed by atoms with Crippen LogP contribution in [-0.2, 0) is 6.18 Å². The molecule has 6 heteroatoms. The number of carbonyl (C=O) groups excluding carboxylic acids is 1. The molecule has 0 fully saturated rings. The van der Waals surface area contributed by atoms with Gasteiger partial charge in [-0.15, -0.1) is 0 Å². The van der Waals surface area contributed by atoms with E-state index in [1.165, 1.54) is 24.3 Å². The van der Waals surface area contributed by atoms with E-state index in [1.807, 2.05) is 0 Å². The predicted molar refractivity (Wildman–Crippen MR) is 66.3 cm³/mol. The van der Waals surface area contributed by atoms with Crippen LogP contribution in [0.25, 0.3) is 0 Å². The van der Waals surface area contributed by atoms with E-state index in [9.17, 15) is 22.4 Å². The second kappa shape index (κ2) is 5.25. The summed E-state index contributed by atoms with van der Waals surface area (Å²) in [6, 6.07) is 7.92. The molecular formula is C14H7ClF4O. The summed E-state index contributed by atoms with van der Waals surface area (Å²) in [5.74, 6) is -2.07. The Labute approximate surface area is 116 Å². The number of hydrogen-bond acceptors (Lipinski definition) is 1. The van der Waals surface area contributed by atoms with E-state index in [1.54, 1.807) is 0 Å². The summed E-state index contributed by atoms with van der Waals surface area (Å²) in [4.78, 5) is 12.0. The highest BCUT2D eigenvalue weighted by molar-refractivity contribution is 6.31. The fourth-order valence-corrected chi connectivity index (χ4v) is 1.87. The zero-order valence-electron chi connectivity index (χ0n) is 9.84. The van der Waals surface area contributed by atoms with Crippen LogP contribution in [0, 0.1) is 5.82 Å². The molecule has 2 aromatic carbocycles. The van der Waals surface area contributed by atoms with Crippen LogP contribution in [-0.4, -0.2) is 5.78 Å². The fourth-order valence-electron chi connectivity index (χ4n) is 1.68. The van der Waals surface area contributed by atoms with Crippen LogP contribution in [0.3, 0.4) is 0 Å². The number of ketones is 1. The second-order valence-electron chi connectivity index (χ2n) is 4.03. The minimum absolute atomic E-state index is 0.136. The van der Waals surface area contributed by atoms with Gasteiger partial charge in [-0.3, -0.25) is 4.79 Å². The van der Waals surface area contributed by atoms with Crippen molar-refractivity contribution in [1.82, 2.24) is 0 Å². The number of halogens is 5. The van der Waals surface area contributed by atoms with E-state index in [0.29, 0.717) is 12.1 Å². The summed E-state index contributed by atoms with van der Waals surface area (Å²) in [6.07, 6.45) is -4.85. The molecule has 1 nitrogen and oxygen atoms in total. The summed E-state index contributed by atoms with van der Waals surface area (Å²) < 4.78 is 50.9. The molecule has 0 atom stereocenters. The Balaban J connectivity index is 2.46. The maximum absolute atomic E-state index is 13.1. The summed E-state index contributed by atoms with van der Waals surface area (Å²) in [7, 11) is 0. The number of hydrogen-bond donors (Lipinski definition) is 0. The SMILES string of the molecule is O=C(c1cccc(Cl)c1)c1ccc(F)c(C(F)(F)F)c1. The van der Waals surface area contributed by atoms with Gasteiger partial charge in [-0.1, -0.05) is 23.7 Å². The fraction of sp³-hybridized carbons (Fsp3) is 0.0714.